The Balaban J connectivity index is 1.99. The smallest absolute Gasteiger partial charge is 0.156 e. The van der Waals surface area contributed by atoms with Crippen LogP contribution in [0.4, 0.5) is 0 Å². The molecule has 92 valence electrons. The van der Waals surface area contributed by atoms with E-state index in [4.69, 9.17) is 0 Å². The highest BCUT2D eigenvalue weighted by Crippen LogP contribution is 2.46. The second-order valence-corrected chi connectivity index (χ2v) is 7.58. The molecule has 4 nitrogen and oxygen atoms in total. The molecule has 3 heterocycles. The van der Waals surface area contributed by atoms with Gasteiger partial charge in [0.05, 0.1) is 16.2 Å². The lowest BCUT2D eigenvalue weighted by Crippen LogP contribution is -2.43. The summed E-state index contributed by atoms with van der Waals surface area (Å²) in [7, 11) is -3.00. The first-order valence-corrected chi connectivity index (χ1v) is 7.50. The zero-order chi connectivity index (χ0) is 12.1. The average Bonchev–Trinajstić information content (AvgIpc) is 2.52. The largest absolute Gasteiger partial charge is 0.383 e. The van der Waals surface area contributed by atoms with Crippen LogP contribution in [-0.4, -0.2) is 29.0 Å². The summed E-state index contributed by atoms with van der Waals surface area (Å²) in [6, 6.07) is 5.39. The highest BCUT2D eigenvalue weighted by Gasteiger charge is 2.53. The second kappa shape index (κ2) is 3.53. The van der Waals surface area contributed by atoms with Crippen LogP contribution in [0, 0.1) is 0 Å². The third kappa shape index (κ3) is 1.60. The molecular formula is C12H15NO3S. The van der Waals surface area contributed by atoms with E-state index in [9.17, 15) is 13.5 Å². The van der Waals surface area contributed by atoms with Crippen molar-refractivity contribution in [3.8, 4) is 0 Å². The van der Waals surface area contributed by atoms with Gasteiger partial charge in [0, 0.05) is 6.20 Å². The van der Waals surface area contributed by atoms with Gasteiger partial charge >= 0.3 is 0 Å². The summed E-state index contributed by atoms with van der Waals surface area (Å²) >= 11 is 0. The summed E-state index contributed by atoms with van der Waals surface area (Å²) in [5.41, 5.74) is -0.454. The third-order valence-electron chi connectivity index (χ3n) is 4.01. The fourth-order valence-corrected chi connectivity index (χ4v) is 5.58. The molecule has 0 saturated carbocycles. The Bertz CT molecular complexity index is 506. The van der Waals surface area contributed by atoms with Crippen LogP contribution in [0.3, 0.4) is 0 Å². The number of nitrogens with zero attached hydrogens (tertiary/aromatic N) is 1. The van der Waals surface area contributed by atoms with Crippen molar-refractivity contribution in [2.75, 3.05) is 0 Å². The Hall–Kier alpha value is -0.940. The predicted octanol–water partition coefficient (Wildman–Crippen LogP) is 1.01. The van der Waals surface area contributed by atoms with Gasteiger partial charge in [0.25, 0.3) is 0 Å². The third-order valence-corrected chi connectivity index (χ3v) is 6.68. The van der Waals surface area contributed by atoms with Crippen LogP contribution in [0.1, 0.15) is 31.4 Å². The number of sulfone groups is 1. The van der Waals surface area contributed by atoms with Gasteiger partial charge in [0.15, 0.2) is 9.84 Å². The van der Waals surface area contributed by atoms with Crippen LogP contribution in [0.25, 0.3) is 0 Å². The molecule has 3 rings (SSSR count). The van der Waals surface area contributed by atoms with E-state index in [2.05, 4.69) is 4.98 Å². The number of rotatable bonds is 1. The van der Waals surface area contributed by atoms with Crippen molar-refractivity contribution in [1.29, 1.82) is 0 Å². The summed E-state index contributed by atoms with van der Waals surface area (Å²) in [6.07, 6.45) is 3.59. The van der Waals surface area contributed by atoms with Gasteiger partial charge in [-0.25, -0.2) is 8.42 Å². The van der Waals surface area contributed by atoms with Gasteiger partial charge in [-0.15, -0.1) is 0 Å². The van der Waals surface area contributed by atoms with E-state index < -0.39 is 15.4 Å². The predicted molar refractivity (Wildman–Crippen MR) is 63.1 cm³/mol. The maximum Gasteiger partial charge on any atom is 0.156 e. The minimum atomic E-state index is -3.00. The molecule has 0 radical (unpaired) electrons. The minimum Gasteiger partial charge on any atom is -0.383 e. The van der Waals surface area contributed by atoms with Gasteiger partial charge in [-0.2, -0.15) is 0 Å². The number of hydrogen-bond acceptors (Lipinski definition) is 4. The Morgan fingerprint density at radius 3 is 2.41 bits per heavy atom. The van der Waals surface area contributed by atoms with E-state index in [-0.39, 0.29) is 10.5 Å². The van der Waals surface area contributed by atoms with Crippen molar-refractivity contribution in [2.45, 2.75) is 41.8 Å². The van der Waals surface area contributed by atoms with Gasteiger partial charge in [-0.1, -0.05) is 6.07 Å². The number of fused-ring (bicyclic) bond motifs is 2. The van der Waals surface area contributed by atoms with Gasteiger partial charge in [-0.3, -0.25) is 4.98 Å². The van der Waals surface area contributed by atoms with Crippen LogP contribution in [-0.2, 0) is 15.4 Å². The van der Waals surface area contributed by atoms with E-state index in [1.165, 1.54) is 0 Å². The van der Waals surface area contributed by atoms with Crippen molar-refractivity contribution in [3.63, 3.8) is 0 Å². The lowest BCUT2D eigenvalue weighted by Gasteiger charge is -2.35. The van der Waals surface area contributed by atoms with Crippen LogP contribution >= 0.6 is 0 Å². The number of aromatic nitrogens is 1. The zero-order valence-corrected chi connectivity index (χ0v) is 10.2. The van der Waals surface area contributed by atoms with Crippen molar-refractivity contribution >= 4 is 9.84 Å². The zero-order valence-electron chi connectivity index (χ0n) is 9.41. The molecule has 1 N–H and O–H groups in total. The van der Waals surface area contributed by atoms with Gasteiger partial charge in [0.2, 0.25) is 0 Å². The number of hydrogen-bond donors (Lipinski definition) is 1. The Morgan fingerprint density at radius 2 is 1.88 bits per heavy atom. The molecule has 0 spiro atoms. The molecule has 2 aliphatic rings. The lowest BCUT2D eigenvalue weighted by molar-refractivity contribution is 0.0131. The Morgan fingerprint density at radius 1 is 1.24 bits per heavy atom. The van der Waals surface area contributed by atoms with Crippen LogP contribution < -0.4 is 0 Å². The number of aliphatic hydroxyl groups is 1. The molecule has 2 bridgehead atoms. The Kier molecular flexibility index (Phi) is 2.32. The van der Waals surface area contributed by atoms with Crippen molar-refractivity contribution < 1.29 is 13.5 Å². The van der Waals surface area contributed by atoms with Gasteiger partial charge < -0.3 is 5.11 Å². The van der Waals surface area contributed by atoms with Crippen LogP contribution in [0.5, 0.6) is 0 Å². The van der Waals surface area contributed by atoms with E-state index in [1.54, 1.807) is 18.3 Å². The van der Waals surface area contributed by atoms with Crippen molar-refractivity contribution in [2.24, 2.45) is 0 Å². The average molecular weight is 253 g/mol. The molecule has 1 aromatic heterocycles. The monoisotopic (exact) mass is 253 g/mol. The molecule has 0 aromatic carbocycles. The minimum absolute atomic E-state index is 0.294. The van der Waals surface area contributed by atoms with Crippen molar-refractivity contribution in [3.05, 3.63) is 30.1 Å². The fraction of sp³-hybridized carbons (Fsp3) is 0.583. The first kappa shape index (κ1) is 11.2. The van der Waals surface area contributed by atoms with E-state index >= 15 is 0 Å². The standard InChI is InChI=1S/C12H15NO3S/c14-12(11-3-1-2-6-13-11)7-9-4-5-10(8-12)17(9,15)16/h1-3,6,9-10,14H,4-5,7-8H2. The molecule has 1 aromatic rings. The Labute approximate surface area is 101 Å². The molecule has 0 amide bonds. The quantitative estimate of drug-likeness (QED) is 0.811. The SMILES string of the molecule is O=S1(=O)C2CCC1CC(O)(c1ccccn1)C2. The summed E-state index contributed by atoms with van der Waals surface area (Å²) in [5.74, 6) is 0. The summed E-state index contributed by atoms with van der Waals surface area (Å²) < 4.78 is 23.9. The molecule has 17 heavy (non-hydrogen) atoms. The van der Waals surface area contributed by atoms with Crippen LogP contribution in [0.15, 0.2) is 24.4 Å². The summed E-state index contributed by atoms with van der Waals surface area (Å²) in [5, 5.41) is 9.87. The van der Waals surface area contributed by atoms with Gasteiger partial charge in [0.1, 0.15) is 5.60 Å². The lowest BCUT2D eigenvalue weighted by atomic mass is 9.89. The maximum absolute atomic E-state index is 12.0. The molecule has 2 saturated heterocycles. The normalized spacial score (nSPS) is 39.1. The highest BCUT2D eigenvalue weighted by atomic mass is 32.2. The summed E-state index contributed by atoms with van der Waals surface area (Å²) in [4.78, 5) is 4.17. The second-order valence-electron chi connectivity index (χ2n) is 5.07. The van der Waals surface area contributed by atoms with E-state index in [1.807, 2.05) is 6.07 Å². The molecule has 2 aliphatic heterocycles. The topological polar surface area (TPSA) is 67.3 Å². The van der Waals surface area contributed by atoms with Crippen molar-refractivity contribution in [1.82, 2.24) is 4.98 Å². The molecule has 0 aliphatic carbocycles. The fourth-order valence-electron chi connectivity index (χ4n) is 3.09. The molecule has 2 atom stereocenters. The van der Waals surface area contributed by atoms with E-state index in [0.29, 0.717) is 31.4 Å². The van der Waals surface area contributed by atoms with Crippen LogP contribution in [0.2, 0.25) is 0 Å². The molecule has 5 heteroatoms. The molecular weight excluding hydrogens is 238 g/mol. The van der Waals surface area contributed by atoms with Gasteiger partial charge in [-0.05, 0) is 37.8 Å². The first-order valence-electron chi connectivity index (χ1n) is 5.89. The molecule has 2 fully saturated rings. The number of pyridine rings is 1. The highest BCUT2D eigenvalue weighted by molar-refractivity contribution is 7.93. The maximum atomic E-state index is 12.0. The summed E-state index contributed by atoms with van der Waals surface area (Å²) in [6.45, 7) is 0. The molecule has 2 unspecified atom stereocenters. The first-order chi connectivity index (χ1) is 8.02. The van der Waals surface area contributed by atoms with E-state index in [0.717, 1.165) is 0 Å².